The first-order valence-electron chi connectivity index (χ1n) is 6.35. The molecule has 2 rings (SSSR count). The van der Waals surface area contributed by atoms with Crippen LogP contribution in [0.5, 0.6) is 5.75 Å². The van der Waals surface area contributed by atoms with Crippen LogP contribution in [0.25, 0.3) is 0 Å². The van der Waals surface area contributed by atoms with Crippen LogP contribution in [0.1, 0.15) is 32.6 Å². The molecule has 0 spiro atoms. The molecule has 0 heterocycles. The van der Waals surface area contributed by atoms with Crippen molar-refractivity contribution in [2.24, 2.45) is 11.1 Å². The zero-order valence-corrected chi connectivity index (χ0v) is 11.6. The van der Waals surface area contributed by atoms with Crippen LogP contribution in [0.4, 0.5) is 4.39 Å². The van der Waals surface area contributed by atoms with Crippen molar-refractivity contribution in [3.8, 4) is 5.75 Å². The lowest BCUT2D eigenvalue weighted by molar-refractivity contribution is 0.130. The van der Waals surface area contributed by atoms with E-state index >= 15 is 0 Å². The number of primary sulfonamides is 1. The normalized spacial score (nSPS) is 24.2. The summed E-state index contributed by atoms with van der Waals surface area (Å²) < 4.78 is 41.5. The second-order valence-electron chi connectivity index (χ2n) is 5.14. The van der Waals surface area contributed by atoms with Gasteiger partial charge in [-0.1, -0.05) is 6.92 Å². The average Bonchev–Trinajstić information content (AvgIpc) is 2.33. The van der Waals surface area contributed by atoms with E-state index in [2.05, 4.69) is 6.92 Å². The highest BCUT2D eigenvalue weighted by molar-refractivity contribution is 7.89. The highest BCUT2D eigenvalue weighted by atomic mass is 32.2. The van der Waals surface area contributed by atoms with Crippen molar-refractivity contribution in [1.29, 1.82) is 0 Å². The summed E-state index contributed by atoms with van der Waals surface area (Å²) in [6.07, 6.45) is 3.95. The fourth-order valence-corrected chi connectivity index (χ4v) is 2.81. The summed E-state index contributed by atoms with van der Waals surface area (Å²) in [6, 6.07) is 3.49. The molecular formula is C13H18FNO3S. The van der Waals surface area contributed by atoms with E-state index in [1.54, 1.807) is 0 Å². The summed E-state index contributed by atoms with van der Waals surface area (Å²) in [6.45, 7) is 2.19. The van der Waals surface area contributed by atoms with Crippen LogP contribution in [0, 0.1) is 11.7 Å². The summed E-state index contributed by atoms with van der Waals surface area (Å²) >= 11 is 0. The van der Waals surface area contributed by atoms with Gasteiger partial charge in [0, 0.05) is 0 Å². The molecule has 0 atom stereocenters. The molecule has 0 bridgehead atoms. The maximum Gasteiger partial charge on any atom is 0.238 e. The van der Waals surface area contributed by atoms with Crippen molar-refractivity contribution in [2.45, 2.75) is 43.6 Å². The minimum atomic E-state index is -3.88. The minimum Gasteiger partial charge on any atom is -0.487 e. The third-order valence-electron chi connectivity index (χ3n) is 3.49. The van der Waals surface area contributed by atoms with Crippen molar-refractivity contribution in [2.75, 3.05) is 0 Å². The van der Waals surface area contributed by atoms with Crippen LogP contribution < -0.4 is 9.88 Å². The third kappa shape index (κ3) is 3.67. The van der Waals surface area contributed by atoms with Gasteiger partial charge in [0.25, 0.3) is 0 Å². The largest absolute Gasteiger partial charge is 0.487 e. The number of sulfonamides is 1. The molecule has 2 N–H and O–H groups in total. The van der Waals surface area contributed by atoms with Crippen LogP contribution in [0.15, 0.2) is 23.1 Å². The lowest BCUT2D eigenvalue weighted by Crippen LogP contribution is -2.23. The number of hydrogen-bond donors (Lipinski definition) is 1. The summed E-state index contributed by atoms with van der Waals surface area (Å²) in [5.74, 6) is 0.0894. The van der Waals surface area contributed by atoms with Gasteiger partial charge in [-0.05, 0) is 49.8 Å². The Labute approximate surface area is 112 Å². The second-order valence-corrected chi connectivity index (χ2v) is 6.70. The Morgan fingerprint density at radius 1 is 1.26 bits per heavy atom. The zero-order valence-electron chi connectivity index (χ0n) is 10.8. The van der Waals surface area contributed by atoms with E-state index in [0.29, 0.717) is 5.92 Å². The molecule has 6 heteroatoms. The maximum atomic E-state index is 13.8. The van der Waals surface area contributed by atoms with E-state index in [4.69, 9.17) is 9.88 Å². The highest BCUT2D eigenvalue weighted by Gasteiger charge is 2.21. The number of hydrogen-bond acceptors (Lipinski definition) is 3. The molecular weight excluding hydrogens is 269 g/mol. The quantitative estimate of drug-likeness (QED) is 0.928. The van der Waals surface area contributed by atoms with Crippen molar-refractivity contribution >= 4 is 10.0 Å². The van der Waals surface area contributed by atoms with Gasteiger partial charge in [-0.15, -0.1) is 0 Å². The summed E-state index contributed by atoms with van der Waals surface area (Å²) in [4.78, 5) is -0.241. The fraction of sp³-hybridized carbons (Fsp3) is 0.538. The monoisotopic (exact) mass is 287 g/mol. The molecule has 0 aliphatic heterocycles. The Morgan fingerprint density at radius 3 is 2.42 bits per heavy atom. The maximum absolute atomic E-state index is 13.8. The van der Waals surface area contributed by atoms with Gasteiger partial charge in [-0.3, -0.25) is 0 Å². The number of nitrogens with two attached hydrogens (primary N) is 1. The predicted molar refractivity (Wildman–Crippen MR) is 69.8 cm³/mol. The number of rotatable bonds is 3. The lowest BCUT2D eigenvalue weighted by atomic mass is 9.89. The first-order chi connectivity index (χ1) is 8.86. The molecule has 0 amide bonds. The molecule has 0 aromatic heterocycles. The van der Waals surface area contributed by atoms with E-state index < -0.39 is 15.8 Å². The number of ether oxygens (including phenoxy) is 1. The Morgan fingerprint density at radius 2 is 1.89 bits per heavy atom. The van der Waals surface area contributed by atoms with E-state index in [-0.39, 0.29) is 16.7 Å². The van der Waals surface area contributed by atoms with Crippen molar-refractivity contribution < 1.29 is 17.5 Å². The molecule has 1 aliphatic rings. The molecule has 0 unspecified atom stereocenters. The first kappa shape index (κ1) is 14.3. The van der Waals surface area contributed by atoms with Gasteiger partial charge in [0.15, 0.2) is 11.6 Å². The van der Waals surface area contributed by atoms with E-state index in [1.807, 2.05) is 0 Å². The van der Waals surface area contributed by atoms with Gasteiger partial charge in [-0.2, -0.15) is 0 Å². The zero-order chi connectivity index (χ0) is 14.0. The van der Waals surface area contributed by atoms with Crippen LogP contribution in [-0.2, 0) is 10.0 Å². The molecule has 4 nitrogen and oxygen atoms in total. The Hall–Kier alpha value is -1.14. The van der Waals surface area contributed by atoms with Gasteiger partial charge in [0.05, 0.1) is 11.0 Å². The molecule has 1 aromatic rings. The van der Waals surface area contributed by atoms with Crippen molar-refractivity contribution in [3.63, 3.8) is 0 Å². The number of halogens is 1. The topological polar surface area (TPSA) is 69.4 Å². The van der Waals surface area contributed by atoms with Crippen molar-refractivity contribution in [3.05, 3.63) is 24.0 Å². The third-order valence-corrected chi connectivity index (χ3v) is 4.40. The number of benzene rings is 1. The van der Waals surface area contributed by atoms with Crippen LogP contribution in [0.3, 0.4) is 0 Å². The van der Waals surface area contributed by atoms with Gasteiger partial charge in [0.1, 0.15) is 0 Å². The smallest absolute Gasteiger partial charge is 0.238 e. The SMILES string of the molecule is CC1CCC(Oc2ccc(S(N)(=O)=O)cc2F)CC1. The van der Waals surface area contributed by atoms with Crippen LogP contribution >= 0.6 is 0 Å². The Bertz CT molecular complexity index is 551. The molecule has 0 saturated heterocycles. The van der Waals surface area contributed by atoms with Crippen molar-refractivity contribution in [1.82, 2.24) is 0 Å². The van der Waals surface area contributed by atoms with E-state index in [1.165, 1.54) is 12.1 Å². The van der Waals surface area contributed by atoms with Crippen LogP contribution in [-0.4, -0.2) is 14.5 Å². The molecule has 1 saturated carbocycles. The van der Waals surface area contributed by atoms with Gasteiger partial charge >= 0.3 is 0 Å². The van der Waals surface area contributed by atoms with Gasteiger partial charge in [-0.25, -0.2) is 17.9 Å². The predicted octanol–water partition coefficient (Wildman–Crippen LogP) is 2.43. The molecule has 1 fully saturated rings. The molecule has 106 valence electrons. The second kappa shape index (κ2) is 5.46. The molecule has 0 radical (unpaired) electrons. The Kier molecular flexibility index (Phi) is 4.10. The lowest BCUT2D eigenvalue weighted by Gasteiger charge is -2.27. The van der Waals surface area contributed by atoms with Gasteiger partial charge < -0.3 is 4.74 Å². The first-order valence-corrected chi connectivity index (χ1v) is 7.90. The fourth-order valence-electron chi connectivity index (χ4n) is 2.28. The minimum absolute atomic E-state index is 0.00559. The molecule has 19 heavy (non-hydrogen) atoms. The summed E-state index contributed by atoms with van der Waals surface area (Å²) in [5, 5.41) is 4.94. The summed E-state index contributed by atoms with van der Waals surface area (Å²) in [5.41, 5.74) is 0. The van der Waals surface area contributed by atoms with Gasteiger partial charge in [0.2, 0.25) is 10.0 Å². The van der Waals surface area contributed by atoms with E-state index in [9.17, 15) is 12.8 Å². The standard InChI is InChI=1S/C13H18FNO3S/c1-9-2-4-10(5-3-9)18-13-7-6-11(8-12(13)14)19(15,16)17/h6-10H,2-5H2,1H3,(H2,15,16,17). The Balaban J connectivity index is 2.09. The van der Waals surface area contributed by atoms with E-state index in [0.717, 1.165) is 31.7 Å². The van der Waals surface area contributed by atoms with Crippen LogP contribution in [0.2, 0.25) is 0 Å². The molecule has 1 aliphatic carbocycles. The summed E-state index contributed by atoms with van der Waals surface area (Å²) in [7, 11) is -3.88. The molecule has 1 aromatic carbocycles. The highest BCUT2D eigenvalue weighted by Crippen LogP contribution is 2.29. The average molecular weight is 287 g/mol.